The number of nitrogens with zero attached hydrogens (tertiary/aromatic N) is 2. The van der Waals surface area contributed by atoms with Crippen molar-refractivity contribution in [2.75, 3.05) is 0 Å². The zero-order valence-corrected chi connectivity index (χ0v) is 10.2. The largest absolute Gasteiger partial charge is 0.294 e. The van der Waals surface area contributed by atoms with Gasteiger partial charge in [-0.15, -0.1) is 0 Å². The zero-order chi connectivity index (χ0) is 12.8. The van der Waals surface area contributed by atoms with E-state index in [1.54, 1.807) is 24.3 Å². The summed E-state index contributed by atoms with van der Waals surface area (Å²) in [5.74, 6) is 0.140. The Morgan fingerprint density at radius 3 is 2.00 bits per heavy atom. The lowest BCUT2D eigenvalue weighted by Gasteiger charge is -1.97. The number of hydrogen-bond donors (Lipinski definition) is 0. The Bertz CT molecular complexity index is 544. The van der Waals surface area contributed by atoms with Gasteiger partial charge in [-0.3, -0.25) is 4.79 Å². The van der Waals surface area contributed by atoms with Crippen molar-refractivity contribution in [1.82, 2.24) is 0 Å². The third-order valence-electron chi connectivity index (χ3n) is 2.55. The Kier molecular flexibility index (Phi) is 3.97. The molecule has 18 heavy (non-hydrogen) atoms. The minimum atomic E-state index is 0.140. The molecule has 0 aliphatic rings. The highest BCUT2D eigenvalue weighted by Gasteiger charge is 2.01. The molecule has 3 heteroatoms. The fourth-order valence-corrected chi connectivity index (χ4v) is 1.53. The summed E-state index contributed by atoms with van der Waals surface area (Å²) in [6.07, 6.45) is 0.519. The summed E-state index contributed by atoms with van der Waals surface area (Å²) in [6.45, 7) is 1.85. The Morgan fingerprint density at radius 1 is 0.889 bits per heavy atom. The van der Waals surface area contributed by atoms with Gasteiger partial charge in [0, 0.05) is 12.0 Å². The normalized spacial score (nSPS) is 10.7. The Balaban J connectivity index is 2.11. The van der Waals surface area contributed by atoms with Crippen LogP contribution in [0.4, 0.5) is 11.4 Å². The zero-order valence-electron chi connectivity index (χ0n) is 10.2. The van der Waals surface area contributed by atoms with Crippen LogP contribution in [-0.2, 0) is 0 Å². The van der Waals surface area contributed by atoms with E-state index in [0.717, 1.165) is 16.9 Å². The van der Waals surface area contributed by atoms with Crippen molar-refractivity contribution in [3.05, 3.63) is 60.2 Å². The van der Waals surface area contributed by atoms with Gasteiger partial charge in [0.1, 0.15) is 0 Å². The first-order valence-corrected chi connectivity index (χ1v) is 5.89. The fraction of sp³-hybridized carbons (Fsp3) is 0.133. The number of carbonyl (C=O) groups excluding carboxylic acids is 1. The average Bonchev–Trinajstić information content (AvgIpc) is 2.46. The summed E-state index contributed by atoms with van der Waals surface area (Å²) in [7, 11) is 0. The second-order valence-electron chi connectivity index (χ2n) is 3.86. The molecule has 0 atom stereocenters. The lowest BCUT2D eigenvalue weighted by Crippen LogP contribution is -1.94. The third-order valence-corrected chi connectivity index (χ3v) is 2.55. The van der Waals surface area contributed by atoms with Crippen LogP contribution in [-0.4, -0.2) is 5.78 Å². The highest BCUT2D eigenvalue weighted by molar-refractivity contribution is 5.96. The molecule has 0 radical (unpaired) electrons. The predicted molar refractivity (Wildman–Crippen MR) is 71.7 cm³/mol. The predicted octanol–water partition coefficient (Wildman–Crippen LogP) is 4.69. The SMILES string of the molecule is CCC(=O)c1ccc(N=Nc2ccccc2)cc1. The van der Waals surface area contributed by atoms with Crippen LogP contribution < -0.4 is 0 Å². The lowest BCUT2D eigenvalue weighted by molar-refractivity contribution is 0.0988. The van der Waals surface area contributed by atoms with Crippen LogP contribution in [0.2, 0.25) is 0 Å². The summed E-state index contributed by atoms with van der Waals surface area (Å²) in [6, 6.07) is 16.7. The van der Waals surface area contributed by atoms with E-state index in [2.05, 4.69) is 10.2 Å². The summed E-state index contributed by atoms with van der Waals surface area (Å²) < 4.78 is 0. The molecule has 2 rings (SSSR count). The van der Waals surface area contributed by atoms with E-state index in [4.69, 9.17) is 0 Å². The number of benzene rings is 2. The molecular weight excluding hydrogens is 224 g/mol. The number of ketones is 1. The Hall–Kier alpha value is -2.29. The standard InChI is InChI=1S/C15H14N2O/c1-2-15(18)12-8-10-14(11-9-12)17-16-13-6-4-3-5-7-13/h3-11H,2H2,1H3. The van der Waals surface area contributed by atoms with Crippen LogP contribution in [0, 0.1) is 0 Å². The third kappa shape index (κ3) is 3.10. The van der Waals surface area contributed by atoms with Gasteiger partial charge in [-0.2, -0.15) is 10.2 Å². The molecule has 0 aliphatic carbocycles. The molecule has 0 aromatic heterocycles. The van der Waals surface area contributed by atoms with E-state index in [0.29, 0.717) is 6.42 Å². The first-order valence-electron chi connectivity index (χ1n) is 5.89. The van der Waals surface area contributed by atoms with Gasteiger partial charge in [0.15, 0.2) is 5.78 Å². The van der Waals surface area contributed by atoms with Crippen molar-refractivity contribution < 1.29 is 4.79 Å². The maximum absolute atomic E-state index is 11.5. The van der Waals surface area contributed by atoms with Gasteiger partial charge in [-0.1, -0.05) is 25.1 Å². The van der Waals surface area contributed by atoms with Crippen molar-refractivity contribution in [2.24, 2.45) is 10.2 Å². The van der Waals surface area contributed by atoms with Crippen LogP contribution in [0.5, 0.6) is 0 Å². The molecule has 0 saturated carbocycles. The fourth-order valence-electron chi connectivity index (χ4n) is 1.53. The highest BCUT2D eigenvalue weighted by atomic mass is 16.1. The molecule has 2 aromatic carbocycles. The quantitative estimate of drug-likeness (QED) is 0.562. The molecule has 0 aliphatic heterocycles. The number of Topliss-reactive ketones (excluding diaryl/α,β-unsaturated/α-hetero) is 1. The van der Waals surface area contributed by atoms with Crippen molar-refractivity contribution in [1.29, 1.82) is 0 Å². The molecule has 0 bridgehead atoms. The molecule has 2 aromatic rings. The summed E-state index contributed by atoms with van der Waals surface area (Å²) >= 11 is 0. The van der Waals surface area contributed by atoms with Gasteiger partial charge in [0.2, 0.25) is 0 Å². The molecule has 0 fully saturated rings. The summed E-state index contributed by atoms with van der Waals surface area (Å²) in [5, 5.41) is 8.23. The van der Waals surface area contributed by atoms with Gasteiger partial charge >= 0.3 is 0 Å². The lowest BCUT2D eigenvalue weighted by atomic mass is 10.1. The average molecular weight is 238 g/mol. The highest BCUT2D eigenvalue weighted by Crippen LogP contribution is 2.18. The molecule has 3 nitrogen and oxygen atoms in total. The van der Waals surface area contributed by atoms with E-state index in [9.17, 15) is 4.79 Å². The topological polar surface area (TPSA) is 41.8 Å². The minimum Gasteiger partial charge on any atom is -0.294 e. The molecule has 0 amide bonds. The molecule has 0 saturated heterocycles. The first-order chi connectivity index (χ1) is 8.79. The minimum absolute atomic E-state index is 0.140. The van der Waals surface area contributed by atoms with Crippen molar-refractivity contribution in [3.63, 3.8) is 0 Å². The smallest absolute Gasteiger partial charge is 0.162 e. The van der Waals surface area contributed by atoms with Gasteiger partial charge in [-0.25, -0.2) is 0 Å². The van der Waals surface area contributed by atoms with E-state index >= 15 is 0 Å². The monoisotopic (exact) mass is 238 g/mol. The van der Waals surface area contributed by atoms with E-state index in [-0.39, 0.29) is 5.78 Å². The van der Waals surface area contributed by atoms with Crippen LogP contribution in [0.3, 0.4) is 0 Å². The molecule has 90 valence electrons. The van der Waals surface area contributed by atoms with Gasteiger partial charge in [0.25, 0.3) is 0 Å². The second-order valence-corrected chi connectivity index (χ2v) is 3.86. The number of hydrogen-bond acceptors (Lipinski definition) is 3. The summed E-state index contributed by atoms with van der Waals surface area (Å²) in [4.78, 5) is 11.5. The molecule has 0 N–H and O–H groups in total. The maximum atomic E-state index is 11.5. The molecule has 0 heterocycles. The van der Waals surface area contributed by atoms with Crippen molar-refractivity contribution >= 4 is 17.2 Å². The molecule has 0 spiro atoms. The number of carbonyl (C=O) groups is 1. The number of azo groups is 1. The van der Waals surface area contributed by atoms with E-state index in [1.807, 2.05) is 37.3 Å². The van der Waals surface area contributed by atoms with Crippen molar-refractivity contribution in [2.45, 2.75) is 13.3 Å². The summed E-state index contributed by atoms with van der Waals surface area (Å²) in [5.41, 5.74) is 2.27. The van der Waals surface area contributed by atoms with Crippen LogP contribution in [0.15, 0.2) is 64.8 Å². The van der Waals surface area contributed by atoms with Crippen molar-refractivity contribution in [3.8, 4) is 0 Å². The van der Waals surface area contributed by atoms with Gasteiger partial charge in [0.05, 0.1) is 11.4 Å². The molecular formula is C15H14N2O. The van der Waals surface area contributed by atoms with E-state index in [1.165, 1.54) is 0 Å². The Labute approximate surface area is 106 Å². The Morgan fingerprint density at radius 2 is 1.44 bits per heavy atom. The second kappa shape index (κ2) is 5.87. The first kappa shape index (κ1) is 12.2. The van der Waals surface area contributed by atoms with Gasteiger partial charge in [-0.05, 0) is 36.4 Å². The van der Waals surface area contributed by atoms with E-state index < -0.39 is 0 Å². The number of rotatable bonds is 4. The maximum Gasteiger partial charge on any atom is 0.162 e. The van der Waals surface area contributed by atoms with Crippen LogP contribution in [0.25, 0.3) is 0 Å². The molecule has 0 unspecified atom stereocenters. The van der Waals surface area contributed by atoms with Crippen LogP contribution >= 0.6 is 0 Å². The van der Waals surface area contributed by atoms with Gasteiger partial charge < -0.3 is 0 Å². The van der Waals surface area contributed by atoms with Crippen LogP contribution in [0.1, 0.15) is 23.7 Å².